The first kappa shape index (κ1) is 12.5. The van der Waals surface area contributed by atoms with Gasteiger partial charge in [-0.2, -0.15) is 0 Å². The fourth-order valence-electron chi connectivity index (χ4n) is 3.35. The van der Waals surface area contributed by atoms with Crippen LogP contribution in [0, 0.1) is 13.8 Å². The van der Waals surface area contributed by atoms with Crippen molar-refractivity contribution in [3.63, 3.8) is 0 Å². The Morgan fingerprint density at radius 2 is 1.76 bits per heavy atom. The van der Waals surface area contributed by atoms with Crippen molar-refractivity contribution in [3.05, 3.63) is 52.7 Å². The zero-order chi connectivity index (χ0) is 14.6. The summed E-state index contributed by atoms with van der Waals surface area (Å²) in [6, 6.07) is 10.6. The van der Waals surface area contributed by atoms with Crippen LogP contribution in [0.3, 0.4) is 0 Å². The average Bonchev–Trinajstić information content (AvgIpc) is 2.49. The van der Waals surface area contributed by atoms with Crippen LogP contribution in [-0.4, -0.2) is 10.8 Å². The van der Waals surface area contributed by atoms with Gasteiger partial charge in [0.05, 0.1) is 11.2 Å². The van der Waals surface area contributed by atoms with Gasteiger partial charge in [0.15, 0.2) is 5.78 Å². The van der Waals surface area contributed by atoms with Crippen LogP contribution in [0.5, 0.6) is 0 Å². The molecular weight excluding hydrogens is 258 g/mol. The number of nitrogens with zero attached hydrogens (tertiary/aromatic N) is 1. The third kappa shape index (κ3) is 1.79. The number of Topliss-reactive ketones (excluding diaryl/α,β-unsaturated/α-hetero) is 1. The molecule has 0 spiro atoms. The van der Waals surface area contributed by atoms with E-state index >= 15 is 0 Å². The molecule has 2 aromatic carbocycles. The minimum Gasteiger partial charge on any atom is -0.294 e. The summed E-state index contributed by atoms with van der Waals surface area (Å²) in [6.45, 7) is 4.29. The molecule has 2 heteroatoms. The van der Waals surface area contributed by atoms with Gasteiger partial charge in [-0.25, -0.2) is 0 Å². The van der Waals surface area contributed by atoms with Crippen LogP contribution in [0.25, 0.3) is 21.7 Å². The normalized spacial score (nSPS) is 14.7. The summed E-state index contributed by atoms with van der Waals surface area (Å²) in [7, 11) is 0. The highest BCUT2D eigenvalue weighted by Gasteiger charge is 2.20. The monoisotopic (exact) mass is 275 g/mol. The summed E-state index contributed by atoms with van der Waals surface area (Å²) in [4.78, 5) is 16.9. The lowest BCUT2D eigenvalue weighted by molar-refractivity contribution is 0.0972. The molecule has 2 nitrogen and oxygen atoms in total. The molecule has 0 aliphatic heterocycles. The maximum Gasteiger partial charge on any atom is 0.164 e. The summed E-state index contributed by atoms with van der Waals surface area (Å²) in [6.07, 6.45) is 2.50. The van der Waals surface area contributed by atoms with E-state index in [0.717, 1.165) is 35.0 Å². The molecule has 4 rings (SSSR count). The first-order chi connectivity index (χ1) is 10.1. The largest absolute Gasteiger partial charge is 0.294 e. The summed E-state index contributed by atoms with van der Waals surface area (Å²) < 4.78 is 0. The van der Waals surface area contributed by atoms with Crippen LogP contribution in [0.1, 0.15) is 40.0 Å². The van der Waals surface area contributed by atoms with Gasteiger partial charge in [0.1, 0.15) is 0 Å². The van der Waals surface area contributed by atoms with E-state index in [2.05, 4.69) is 38.1 Å². The highest BCUT2D eigenvalue weighted by molar-refractivity contribution is 6.09. The Morgan fingerprint density at radius 3 is 2.62 bits per heavy atom. The maximum absolute atomic E-state index is 12.1. The predicted octanol–water partition coefficient (Wildman–Crippen LogP) is 4.52. The Balaban J connectivity index is 2.16. The van der Waals surface area contributed by atoms with Gasteiger partial charge in [0.2, 0.25) is 0 Å². The highest BCUT2D eigenvalue weighted by Crippen LogP contribution is 2.31. The van der Waals surface area contributed by atoms with Gasteiger partial charge in [0, 0.05) is 22.8 Å². The van der Waals surface area contributed by atoms with E-state index in [0.29, 0.717) is 6.42 Å². The first-order valence-electron chi connectivity index (χ1n) is 7.51. The molecule has 0 atom stereocenters. The van der Waals surface area contributed by atoms with E-state index < -0.39 is 0 Å². The minimum absolute atomic E-state index is 0.242. The van der Waals surface area contributed by atoms with Gasteiger partial charge < -0.3 is 0 Å². The number of pyridine rings is 1. The van der Waals surface area contributed by atoms with Gasteiger partial charge in [-0.05, 0) is 49.3 Å². The molecule has 0 radical (unpaired) electrons. The van der Waals surface area contributed by atoms with Crippen molar-refractivity contribution >= 4 is 27.5 Å². The molecule has 21 heavy (non-hydrogen) atoms. The molecule has 0 unspecified atom stereocenters. The number of hydrogen-bond donors (Lipinski definition) is 0. The van der Waals surface area contributed by atoms with Crippen molar-refractivity contribution in [1.82, 2.24) is 4.98 Å². The van der Waals surface area contributed by atoms with Crippen LogP contribution in [0.2, 0.25) is 0 Å². The number of aromatic nitrogens is 1. The van der Waals surface area contributed by atoms with Crippen molar-refractivity contribution in [2.24, 2.45) is 0 Å². The van der Waals surface area contributed by atoms with Crippen LogP contribution in [-0.2, 0) is 6.42 Å². The van der Waals surface area contributed by atoms with Crippen molar-refractivity contribution < 1.29 is 4.79 Å². The second kappa shape index (κ2) is 4.39. The zero-order valence-corrected chi connectivity index (χ0v) is 12.4. The molecule has 0 saturated heterocycles. The quantitative estimate of drug-likeness (QED) is 0.564. The van der Waals surface area contributed by atoms with Gasteiger partial charge in [-0.15, -0.1) is 0 Å². The van der Waals surface area contributed by atoms with Crippen LogP contribution >= 0.6 is 0 Å². The van der Waals surface area contributed by atoms with Gasteiger partial charge in [-0.3, -0.25) is 9.78 Å². The molecule has 0 N–H and O–H groups in total. The number of rotatable bonds is 0. The van der Waals surface area contributed by atoms with E-state index in [-0.39, 0.29) is 5.78 Å². The first-order valence-corrected chi connectivity index (χ1v) is 7.51. The molecule has 1 aromatic heterocycles. The summed E-state index contributed by atoms with van der Waals surface area (Å²) in [5.74, 6) is 0.242. The molecule has 1 aliphatic carbocycles. The number of benzene rings is 2. The van der Waals surface area contributed by atoms with E-state index in [4.69, 9.17) is 4.98 Å². The summed E-state index contributed by atoms with van der Waals surface area (Å²) in [5, 5.41) is 3.53. The van der Waals surface area contributed by atoms with Crippen molar-refractivity contribution in [1.29, 1.82) is 0 Å². The molecule has 3 aromatic rings. The Kier molecular flexibility index (Phi) is 2.61. The number of carbonyl (C=O) groups excluding carboxylic acids is 1. The number of hydrogen-bond acceptors (Lipinski definition) is 2. The van der Waals surface area contributed by atoms with Crippen LogP contribution < -0.4 is 0 Å². The average molecular weight is 275 g/mol. The minimum atomic E-state index is 0.242. The zero-order valence-electron chi connectivity index (χ0n) is 12.4. The molecule has 0 amide bonds. The van der Waals surface area contributed by atoms with Crippen LogP contribution in [0.4, 0.5) is 0 Å². The third-order valence-electron chi connectivity index (χ3n) is 4.70. The van der Waals surface area contributed by atoms with Crippen molar-refractivity contribution in [3.8, 4) is 0 Å². The smallest absolute Gasteiger partial charge is 0.164 e. The number of aryl methyl sites for hydroxylation is 3. The lowest BCUT2D eigenvalue weighted by Gasteiger charge is -2.16. The SMILES string of the molecule is Cc1ccc2ccc3cc4c(nc3c2c1C)CCCC4=O. The van der Waals surface area contributed by atoms with Gasteiger partial charge >= 0.3 is 0 Å². The maximum atomic E-state index is 12.1. The van der Waals surface area contributed by atoms with E-state index in [1.165, 1.54) is 21.9 Å². The van der Waals surface area contributed by atoms with Gasteiger partial charge in [-0.1, -0.05) is 24.3 Å². The molecule has 0 fully saturated rings. The van der Waals surface area contributed by atoms with Crippen LogP contribution in [0.15, 0.2) is 30.3 Å². The molecule has 104 valence electrons. The van der Waals surface area contributed by atoms with Crippen molar-refractivity contribution in [2.75, 3.05) is 0 Å². The summed E-state index contributed by atoms with van der Waals surface area (Å²) >= 11 is 0. The Bertz CT molecular complexity index is 908. The second-order valence-electron chi connectivity index (χ2n) is 6.00. The van der Waals surface area contributed by atoms with E-state index in [1.54, 1.807) is 0 Å². The molecular formula is C19H17NO. The van der Waals surface area contributed by atoms with E-state index in [1.807, 2.05) is 6.07 Å². The summed E-state index contributed by atoms with van der Waals surface area (Å²) in [5.41, 5.74) is 5.42. The highest BCUT2D eigenvalue weighted by atomic mass is 16.1. The third-order valence-corrected chi connectivity index (χ3v) is 4.70. The Morgan fingerprint density at radius 1 is 1.00 bits per heavy atom. The molecule has 0 bridgehead atoms. The van der Waals surface area contributed by atoms with Gasteiger partial charge in [0.25, 0.3) is 0 Å². The second-order valence-corrected chi connectivity index (χ2v) is 6.00. The van der Waals surface area contributed by atoms with E-state index in [9.17, 15) is 4.79 Å². The number of carbonyl (C=O) groups is 1. The fourth-order valence-corrected chi connectivity index (χ4v) is 3.35. The lowest BCUT2D eigenvalue weighted by Crippen LogP contribution is -2.12. The molecule has 0 saturated carbocycles. The predicted molar refractivity (Wildman–Crippen MR) is 86.0 cm³/mol. The standard InChI is InChI=1S/C19H17NO/c1-11-6-7-13-8-9-14-10-15-16(4-3-5-17(15)21)20-19(14)18(13)12(11)2/h6-10H,3-5H2,1-2H3. The number of ketones is 1. The van der Waals surface area contributed by atoms with Crippen molar-refractivity contribution in [2.45, 2.75) is 33.1 Å². The molecule has 1 aliphatic rings. The molecule has 1 heterocycles. The topological polar surface area (TPSA) is 30.0 Å². The fraction of sp³-hybridized carbons (Fsp3) is 0.263. The number of fused-ring (bicyclic) bond motifs is 4. The Labute approximate surface area is 123 Å². The lowest BCUT2D eigenvalue weighted by atomic mass is 9.92. The Hall–Kier alpha value is -2.22.